The number of hydrogen-bond donors (Lipinski definition) is 1. The lowest BCUT2D eigenvalue weighted by molar-refractivity contribution is -0.220. The molecule has 0 radical (unpaired) electrons. The number of amides is 2. The molecule has 0 aliphatic heterocycles. The van der Waals surface area contributed by atoms with Crippen LogP contribution in [0.4, 0.5) is 0 Å². The van der Waals surface area contributed by atoms with E-state index in [0.29, 0.717) is 18.7 Å². The minimum atomic E-state index is -0.409. The first-order chi connectivity index (χ1) is 15.2. The van der Waals surface area contributed by atoms with Crippen LogP contribution in [0.3, 0.4) is 0 Å². The summed E-state index contributed by atoms with van der Waals surface area (Å²) in [6.45, 7) is 8.53. The Kier molecular flexibility index (Phi) is 10.4. The van der Waals surface area contributed by atoms with Crippen molar-refractivity contribution in [1.29, 1.82) is 0 Å². The molecule has 1 N–H and O–H groups in total. The van der Waals surface area contributed by atoms with E-state index in [4.69, 9.17) is 4.84 Å². The Balaban J connectivity index is 1.68. The highest BCUT2D eigenvalue weighted by atomic mass is 79.9. The fourth-order valence-electron chi connectivity index (χ4n) is 3.20. The lowest BCUT2D eigenvalue weighted by atomic mass is 10.1. The average Bonchev–Trinajstić information content (AvgIpc) is 2.73. The smallest absolute Gasteiger partial charge is 0.252 e. The molecule has 0 saturated heterocycles. The second-order valence-electron chi connectivity index (χ2n) is 8.84. The van der Waals surface area contributed by atoms with Crippen LogP contribution in [0, 0.1) is 0 Å². The Morgan fingerprint density at radius 2 is 1.72 bits per heavy atom. The highest BCUT2D eigenvalue weighted by molar-refractivity contribution is 9.10. The van der Waals surface area contributed by atoms with Crippen molar-refractivity contribution in [2.24, 2.45) is 0 Å². The largest absolute Gasteiger partial charge is 0.351 e. The van der Waals surface area contributed by atoms with Gasteiger partial charge in [0.2, 0.25) is 6.41 Å². The standard InChI is InChI=1S/C25H34BrN3O3/c1-25(2,3)32-29(19-30)18-21-13-11-20(12-14-21)8-7-16-28(4)17-15-27-24(31)22-9-5-6-10-23(22)26/h5-6,9-14,19H,7-8,15-18H2,1-4H3,(H,27,31). The van der Waals surface area contributed by atoms with E-state index in [9.17, 15) is 9.59 Å². The highest BCUT2D eigenvalue weighted by Gasteiger charge is 2.16. The van der Waals surface area contributed by atoms with Gasteiger partial charge in [-0.15, -0.1) is 0 Å². The van der Waals surface area contributed by atoms with E-state index in [2.05, 4.69) is 45.3 Å². The van der Waals surface area contributed by atoms with Gasteiger partial charge in [-0.1, -0.05) is 36.4 Å². The summed E-state index contributed by atoms with van der Waals surface area (Å²) in [5, 5.41) is 4.30. The van der Waals surface area contributed by atoms with Crippen LogP contribution in [0.1, 0.15) is 48.7 Å². The lowest BCUT2D eigenvalue weighted by Gasteiger charge is -2.26. The first-order valence-electron chi connectivity index (χ1n) is 10.9. The molecule has 0 aromatic heterocycles. The van der Waals surface area contributed by atoms with Gasteiger partial charge < -0.3 is 10.2 Å². The fraction of sp³-hybridized carbons (Fsp3) is 0.440. The number of nitrogens with one attached hydrogen (secondary N) is 1. The maximum Gasteiger partial charge on any atom is 0.252 e. The van der Waals surface area contributed by atoms with Crippen LogP contribution in [-0.2, 0) is 22.6 Å². The number of rotatable bonds is 12. The van der Waals surface area contributed by atoms with Gasteiger partial charge in [0.25, 0.3) is 5.91 Å². The van der Waals surface area contributed by atoms with Crippen molar-refractivity contribution in [2.75, 3.05) is 26.7 Å². The van der Waals surface area contributed by atoms with Crippen LogP contribution in [0.5, 0.6) is 0 Å². The zero-order chi connectivity index (χ0) is 23.6. The minimum absolute atomic E-state index is 0.0630. The molecule has 32 heavy (non-hydrogen) atoms. The van der Waals surface area contributed by atoms with E-state index >= 15 is 0 Å². The van der Waals surface area contributed by atoms with Crippen molar-refractivity contribution in [3.05, 3.63) is 69.7 Å². The summed E-state index contributed by atoms with van der Waals surface area (Å²) in [4.78, 5) is 31.3. The van der Waals surface area contributed by atoms with E-state index in [-0.39, 0.29) is 5.91 Å². The van der Waals surface area contributed by atoms with Crippen molar-refractivity contribution in [3.8, 4) is 0 Å². The first kappa shape index (κ1) is 26.0. The van der Waals surface area contributed by atoms with Gasteiger partial charge in [-0.3, -0.25) is 14.4 Å². The molecule has 0 spiro atoms. The molecule has 2 amide bonds. The molecule has 0 aliphatic carbocycles. The SMILES string of the molecule is CN(CCCc1ccc(CN(C=O)OC(C)(C)C)cc1)CCNC(=O)c1ccccc1Br. The Morgan fingerprint density at radius 1 is 1.06 bits per heavy atom. The summed E-state index contributed by atoms with van der Waals surface area (Å²) in [6, 6.07) is 15.7. The molecule has 2 aromatic rings. The molecule has 0 saturated carbocycles. The highest BCUT2D eigenvalue weighted by Crippen LogP contribution is 2.16. The van der Waals surface area contributed by atoms with E-state index in [1.165, 1.54) is 10.6 Å². The number of aryl methyl sites for hydroxylation is 1. The van der Waals surface area contributed by atoms with Crippen molar-refractivity contribution in [1.82, 2.24) is 15.3 Å². The number of likely N-dealkylation sites (N-methyl/N-ethyl adjacent to an activating group) is 1. The lowest BCUT2D eigenvalue weighted by Crippen LogP contribution is -2.33. The van der Waals surface area contributed by atoms with Gasteiger partial charge in [0.1, 0.15) is 0 Å². The second-order valence-corrected chi connectivity index (χ2v) is 9.70. The van der Waals surface area contributed by atoms with Gasteiger partial charge in [0.05, 0.1) is 17.7 Å². The maximum atomic E-state index is 12.2. The van der Waals surface area contributed by atoms with Crippen molar-refractivity contribution < 1.29 is 14.4 Å². The summed E-state index contributed by atoms with van der Waals surface area (Å²) in [5.41, 5.74) is 2.54. The first-order valence-corrected chi connectivity index (χ1v) is 11.7. The van der Waals surface area contributed by atoms with Crippen molar-refractivity contribution in [3.63, 3.8) is 0 Å². The third kappa shape index (κ3) is 9.51. The third-order valence-corrected chi connectivity index (χ3v) is 5.46. The van der Waals surface area contributed by atoms with Crippen LogP contribution in [0.2, 0.25) is 0 Å². The molecule has 7 heteroatoms. The topological polar surface area (TPSA) is 61.9 Å². The maximum absolute atomic E-state index is 12.2. The Bertz CT molecular complexity index is 865. The van der Waals surface area contributed by atoms with Crippen molar-refractivity contribution >= 4 is 28.2 Å². The number of hydrogen-bond acceptors (Lipinski definition) is 4. The van der Waals surface area contributed by atoms with Gasteiger partial charge in [-0.2, -0.15) is 0 Å². The summed E-state index contributed by atoms with van der Waals surface area (Å²) < 4.78 is 0.803. The fourth-order valence-corrected chi connectivity index (χ4v) is 3.66. The van der Waals surface area contributed by atoms with E-state index in [1.54, 1.807) is 0 Å². The monoisotopic (exact) mass is 503 g/mol. The van der Waals surface area contributed by atoms with Gasteiger partial charge in [0.15, 0.2) is 0 Å². The van der Waals surface area contributed by atoms with Crippen LogP contribution >= 0.6 is 15.9 Å². The van der Waals surface area contributed by atoms with Crippen LogP contribution in [0.15, 0.2) is 53.0 Å². The number of nitrogens with zero attached hydrogens (tertiary/aromatic N) is 2. The molecule has 0 unspecified atom stereocenters. The Labute approximate surface area is 200 Å². The molecule has 0 bridgehead atoms. The number of benzene rings is 2. The zero-order valence-electron chi connectivity index (χ0n) is 19.4. The number of hydroxylamine groups is 2. The number of carbonyl (C=O) groups is 2. The van der Waals surface area contributed by atoms with Gasteiger partial charge >= 0.3 is 0 Å². The van der Waals surface area contributed by atoms with Crippen LogP contribution in [-0.4, -0.2) is 54.6 Å². The van der Waals surface area contributed by atoms with Crippen molar-refractivity contribution in [2.45, 2.75) is 45.8 Å². The molecule has 2 rings (SSSR count). The Hall–Kier alpha value is -2.22. The number of carbonyl (C=O) groups excluding carboxylic acids is 2. The molecular weight excluding hydrogens is 470 g/mol. The summed E-state index contributed by atoms with van der Waals surface area (Å²) >= 11 is 3.41. The quantitative estimate of drug-likeness (QED) is 0.343. The molecule has 0 fully saturated rings. The average molecular weight is 504 g/mol. The van der Waals surface area contributed by atoms with Gasteiger partial charge in [0, 0.05) is 17.6 Å². The Morgan fingerprint density at radius 3 is 2.34 bits per heavy atom. The predicted molar refractivity (Wildman–Crippen MR) is 131 cm³/mol. The van der Waals surface area contributed by atoms with Crippen LogP contribution in [0.25, 0.3) is 0 Å². The molecular formula is C25H34BrN3O3. The van der Waals surface area contributed by atoms with E-state index in [1.807, 2.05) is 57.2 Å². The zero-order valence-corrected chi connectivity index (χ0v) is 21.0. The van der Waals surface area contributed by atoms with Crippen LogP contribution < -0.4 is 5.32 Å². The van der Waals surface area contributed by atoms with E-state index < -0.39 is 5.60 Å². The van der Waals surface area contributed by atoms with Gasteiger partial charge in [-0.25, -0.2) is 5.06 Å². The molecule has 0 heterocycles. The predicted octanol–water partition coefficient (Wildman–Crippen LogP) is 4.43. The summed E-state index contributed by atoms with van der Waals surface area (Å²) in [5.74, 6) is -0.0630. The molecule has 6 nitrogen and oxygen atoms in total. The molecule has 174 valence electrons. The molecule has 0 aliphatic rings. The summed E-state index contributed by atoms with van der Waals surface area (Å²) in [6.07, 6.45) is 2.72. The molecule has 2 aromatic carbocycles. The molecule has 0 atom stereocenters. The second kappa shape index (κ2) is 12.7. The minimum Gasteiger partial charge on any atom is -0.351 e. The normalized spacial score (nSPS) is 11.4. The number of halogens is 1. The summed E-state index contributed by atoms with van der Waals surface area (Å²) in [7, 11) is 2.07. The van der Waals surface area contributed by atoms with Gasteiger partial charge in [-0.05, 0) is 86.4 Å². The third-order valence-electron chi connectivity index (χ3n) is 4.77. The van der Waals surface area contributed by atoms with E-state index in [0.717, 1.165) is 42.4 Å².